The Balaban J connectivity index is 1.87. The van der Waals surface area contributed by atoms with Gasteiger partial charge in [-0.15, -0.1) is 0 Å². The first-order chi connectivity index (χ1) is 11.2. The maximum Gasteiger partial charge on any atom is 0.240 e. The summed E-state index contributed by atoms with van der Waals surface area (Å²) < 4.78 is 0. The smallest absolute Gasteiger partial charge is 0.240 e. The third-order valence-corrected chi connectivity index (χ3v) is 4.02. The lowest BCUT2D eigenvalue weighted by Crippen LogP contribution is -2.18. The third-order valence-electron chi connectivity index (χ3n) is 4.02. The van der Waals surface area contributed by atoms with Crippen molar-refractivity contribution < 1.29 is 4.79 Å². The standard InChI is InChI=1S/C20H26N2O/c1-3-4-5-6-7-12-20(23)22-21-16(2)18-14-13-17-10-8-9-11-19(17)15-18/h8-11,13-15H,3-7,12H2,1-2H3,(H,22,23)/b21-16-. The summed E-state index contributed by atoms with van der Waals surface area (Å²) in [7, 11) is 0. The summed E-state index contributed by atoms with van der Waals surface area (Å²) in [6, 6.07) is 14.5. The maximum atomic E-state index is 11.8. The monoisotopic (exact) mass is 310 g/mol. The van der Waals surface area contributed by atoms with Gasteiger partial charge in [0.25, 0.3) is 0 Å². The zero-order chi connectivity index (χ0) is 16.5. The van der Waals surface area contributed by atoms with Crippen molar-refractivity contribution in [2.75, 3.05) is 0 Å². The summed E-state index contributed by atoms with van der Waals surface area (Å²) in [5.74, 6) is 0.00152. The molecule has 2 aromatic rings. The highest BCUT2D eigenvalue weighted by molar-refractivity contribution is 6.02. The van der Waals surface area contributed by atoms with Crippen molar-refractivity contribution in [1.82, 2.24) is 5.43 Å². The molecule has 0 aliphatic carbocycles. The van der Waals surface area contributed by atoms with Crippen molar-refractivity contribution in [3.8, 4) is 0 Å². The van der Waals surface area contributed by atoms with Gasteiger partial charge in [-0.3, -0.25) is 4.79 Å². The van der Waals surface area contributed by atoms with Crippen LogP contribution in [0.3, 0.4) is 0 Å². The molecule has 3 heteroatoms. The van der Waals surface area contributed by atoms with E-state index >= 15 is 0 Å². The zero-order valence-electron chi connectivity index (χ0n) is 14.1. The minimum absolute atomic E-state index is 0.00152. The molecule has 0 heterocycles. The number of amides is 1. The minimum Gasteiger partial charge on any atom is -0.273 e. The van der Waals surface area contributed by atoms with Crippen molar-refractivity contribution in [1.29, 1.82) is 0 Å². The molecule has 0 bridgehead atoms. The molecule has 0 aliphatic heterocycles. The van der Waals surface area contributed by atoms with Crippen LogP contribution in [0.25, 0.3) is 10.8 Å². The molecule has 1 N–H and O–H groups in total. The molecule has 0 aliphatic rings. The van der Waals surface area contributed by atoms with Crippen LogP contribution < -0.4 is 5.43 Å². The minimum atomic E-state index is 0.00152. The van der Waals surface area contributed by atoms with E-state index in [1.807, 2.05) is 25.1 Å². The van der Waals surface area contributed by atoms with E-state index < -0.39 is 0 Å². The van der Waals surface area contributed by atoms with Crippen molar-refractivity contribution in [3.63, 3.8) is 0 Å². The average molecular weight is 310 g/mol. The van der Waals surface area contributed by atoms with Gasteiger partial charge in [0.05, 0.1) is 5.71 Å². The molecule has 2 aromatic carbocycles. The van der Waals surface area contributed by atoms with Gasteiger partial charge in [-0.1, -0.05) is 69.0 Å². The summed E-state index contributed by atoms with van der Waals surface area (Å²) in [5, 5.41) is 6.62. The van der Waals surface area contributed by atoms with Crippen LogP contribution in [0.15, 0.2) is 47.6 Å². The number of rotatable bonds is 8. The van der Waals surface area contributed by atoms with E-state index in [-0.39, 0.29) is 5.91 Å². The number of benzene rings is 2. The Morgan fingerprint density at radius 2 is 1.74 bits per heavy atom. The Kier molecular flexibility index (Phi) is 6.79. The van der Waals surface area contributed by atoms with Crippen molar-refractivity contribution >= 4 is 22.4 Å². The first-order valence-electron chi connectivity index (χ1n) is 8.53. The molecule has 1 amide bonds. The van der Waals surface area contributed by atoms with Crippen LogP contribution in [-0.4, -0.2) is 11.6 Å². The Morgan fingerprint density at radius 3 is 2.52 bits per heavy atom. The number of hydrogen-bond acceptors (Lipinski definition) is 2. The number of nitrogens with zero attached hydrogens (tertiary/aromatic N) is 1. The number of hydrogen-bond donors (Lipinski definition) is 1. The highest BCUT2D eigenvalue weighted by atomic mass is 16.2. The van der Waals surface area contributed by atoms with Crippen LogP contribution in [0.1, 0.15) is 57.9 Å². The van der Waals surface area contributed by atoms with Crippen LogP contribution in [-0.2, 0) is 4.79 Å². The number of fused-ring (bicyclic) bond motifs is 1. The molecule has 0 atom stereocenters. The lowest BCUT2D eigenvalue weighted by Gasteiger charge is -2.05. The summed E-state index contributed by atoms with van der Waals surface area (Å²) in [6.45, 7) is 4.11. The van der Waals surface area contributed by atoms with E-state index in [0.717, 1.165) is 24.1 Å². The fourth-order valence-electron chi connectivity index (χ4n) is 2.57. The Morgan fingerprint density at radius 1 is 1.00 bits per heavy atom. The molecular weight excluding hydrogens is 284 g/mol. The van der Waals surface area contributed by atoms with Crippen molar-refractivity contribution in [2.24, 2.45) is 5.10 Å². The van der Waals surface area contributed by atoms with Crippen LogP contribution in [0.5, 0.6) is 0 Å². The summed E-state index contributed by atoms with van der Waals surface area (Å²) in [4.78, 5) is 11.8. The van der Waals surface area contributed by atoms with Gasteiger partial charge in [-0.2, -0.15) is 5.10 Å². The van der Waals surface area contributed by atoms with Crippen LogP contribution in [0, 0.1) is 0 Å². The molecule has 0 spiro atoms. The molecular formula is C20H26N2O. The Hall–Kier alpha value is -2.16. The van der Waals surface area contributed by atoms with Crippen molar-refractivity contribution in [3.05, 3.63) is 48.0 Å². The molecule has 0 unspecified atom stereocenters. The average Bonchev–Trinajstić information content (AvgIpc) is 2.59. The van der Waals surface area contributed by atoms with E-state index in [1.165, 1.54) is 30.0 Å². The summed E-state index contributed by atoms with van der Waals surface area (Å²) in [6.07, 6.45) is 6.30. The molecule has 0 radical (unpaired) electrons. The van der Waals surface area contributed by atoms with Crippen molar-refractivity contribution in [2.45, 2.75) is 52.4 Å². The molecule has 0 saturated heterocycles. The van der Waals surface area contributed by atoms with E-state index in [9.17, 15) is 4.79 Å². The quantitative estimate of drug-likeness (QED) is 0.414. The van der Waals surface area contributed by atoms with E-state index in [2.05, 4.69) is 41.7 Å². The van der Waals surface area contributed by atoms with E-state index in [0.29, 0.717) is 6.42 Å². The second-order valence-corrected chi connectivity index (χ2v) is 5.96. The molecule has 0 aromatic heterocycles. The largest absolute Gasteiger partial charge is 0.273 e. The van der Waals surface area contributed by atoms with Gasteiger partial charge in [0, 0.05) is 6.42 Å². The second-order valence-electron chi connectivity index (χ2n) is 5.96. The Bertz CT molecular complexity index is 676. The van der Waals surface area contributed by atoms with Gasteiger partial charge in [-0.25, -0.2) is 5.43 Å². The van der Waals surface area contributed by atoms with Crippen LogP contribution in [0.2, 0.25) is 0 Å². The fourth-order valence-corrected chi connectivity index (χ4v) is 2.57. The lowest BCUT2D eigenvalue weighted by molar-refractivity contribution is -0.121. The molecule has 0 saturated carbocycles. The summed E-state index contributed by atoms with van der Waals surface area (Å²) >= 11 is 0. The number of unbranched alkanes of at least 4 members (excludes halogenated alkanes) is 4. The first kappa shape index (κ1) is 17.2. The molecule has 23 heavy (non-hydrogen) atoms. The number of carbonyl (C=O) groups excluding carboxylic acids is 1. The normalized spacial score (nSPS) is 11.7. The molecule has 2 rings (SSSR count). The topological polar surface area (TPSA) is 41.5 Å². The summed E-state index contributed by atoms with van der Waals surface area (Å²) in [5.41, 5.74) is 4.53. The van der Waals surface area contributed by atoms with Gasteiger partial charge in [0.2, 0.25) is 5.91 Å². The fraction of sp³-hybridized carbons (Fsp3) is 0.400. The van der Waals surface area contributed by atoms with E-state index in [4.69, 9.17) is 0 Å². The SMILES string of the molecule is CCCCCCCC(=O)N/N=C(/C)c1ccc2ccccc2c1. The lowest BCUT2D eigenvalue weighted by atomic mass is 10.0. The predicted molar refractivity (Wildman–Crippen MR) is 97.7 cm³/mol. The zero-order valence-corrected chi connectivity index (χ0v) is 14.1. The Labute approximate surface area is 138 Å². The second kappa shape index (κ2) is 9.09. The number of carbonyl (C=O) groups is 1. The predicted octanol–water partition coefficient (Wildman–Crippen LogP) is 5.04. The molecule has 122 valence electrons. The highest BCUT2D eigenvalue weighted by Crippen LogP contribution is 2.16. The van der Waals surface area contributed by atoms with Gasteiger partial charge in [0.1, 0.15) is 0 Å². The van der Waals surface area contributed by atoms with Crippen LogP contribution in [0.4, 0.5) is 0 Å². The van der Waals surface area contributed by atoms with Gasteiger partial charge in [-0.05, 0) is 35.7 Å². The third kappa shape index (κ3) is 5.51. The van der Waals surface area contributed by atoms with Gasteiger partial charge in [0.15, 0.2) is 0 Å². The van der Waals surface area contributed by atoms with Crippen LogP contribution >= 0.6 is 0 Å². The first-order valence-corrected chi connectivity index (χ1v) is 8.53. The van der Waals surface area contributed by atoms with E-state index in [1.54, 1.807) is 0 Å². The van der Waals surface area contributed by atoms with Gasteiger partial charge >= 0.3 is 0 Å². The number of nitrogens with one attached hydrogen (secondary N) is 1. The molecule has 3 nitrogen and oxygen atoms in total. The highest BCUT2D eigenvalue weighted by Gasteiger charge is 2.02. The van der Waals surface area contributed by atoms with Gasteiger partial charge < -0.3 is 0 Å². The number of hydrazone groups is 1. The molecule has 0 fully saturated rings. The maximum absolute atomic E-state index is 11.8.